The summed E-state index contributed by atoms with van der Waals surface area (Å²) in [7, 11) is 1.57. The largest absolute Gasteiger partial charge is 0.496 e. The number of hydrogen-bond acceptors (Lipinski definition) is 5. The normalized spacial score (nSPS) is 21.0. The minimum Gasteiger partial charge on any atom is -0.496 e. The molecule has 2 aliphatic heterocycles. The maximum atomic E-state index is 12.7. The van der Waals surface area contributed by atoms with Gasteiger partial charge in [0, 0.05) is 32.3 Å². The van der Waals surface area contributed by atoms with Crippen LogP contribution >= 0.6 is 0 Å². The van der Waals surface area contributed by atoms with Crippen LogP contribution in [0.25, 0.3) is 0 Å². The van der Waals surface area contributed by atoms with Crippen LogP contribution in [0.3, 0.4) is 0 Å². The molecule has 1 aromatic heterocycles. The molecule has 1 atom stereocenters. The Morgan fingerprint density at radius 3 is 2.82 bits per heavy atom. The highest BCUT2D eigenvalue weighted by atomic mass is 16.5. The number of nitrogens with zero attached hydrogens (tertiary/aromatic N) is 3. The quantitative estimate of drug-likeness (QED) is 0.829. The molecule has 28 heavy (non-hydrogen) atoms. The van der Waals surface area contributed by atoms with Gasteiger partial charge in [-0.15, -0.1) is 0 Å². The van der Waals surface area contributed by atoms with Gasteiger partial charge in [-0.25, -0.2) is 4.68 Å². The molecular formula is C21H28N4O3. The lowest BCUT2D eigenvalue weighted by Crippen LogP contribution is -2.38. The Morgan fingerprint density at radius 2 is 2.07 bits per heavy atom. The van der Waals surface area contributed by atoms with Crippen molar-refractivity contribution in [2.75, 3.05) is 45.3 Å². The van der Waals surface area contributed by atoms with E-state index in [1.807, 2.05) is 22.9 Å². The topological polar surface area (TPSA) is 68.6 Å². The molecule has 1 amide bonds. The molecule has 0 bridgehead atoms. The zero-order valence-corrected chi connectivity index (χ0v) is 16.3. The highest BCUT2D eigenvalue weighted by Gasteiger charge is 2.26. The van der Waals surface area contributed by atoms with E-state index in [0.29, 0.717) is 23.3 Å². The van der Waals surface area contributed by atoms with E-state index in [-0.39, 0.29) is 5.91 Å². The van der Waals surface area contributed by atoms with E-state index >= 15 is 0 Å². The second-order valence-electron chi connectivity index (χ2n) is 7.58. The summed E-state index contributed by atoms with van der Waals surface area (Å²) in [5.74, 6) is 1.80. The van der Waals surface area contributed by atoms with Gasteiger partial charge in [-0.05, 0) is 37.3 Å². The van der Waals surface area contributed by atoms with E-state index < -0.39 is 0 Å². The fraction of sp³-hybridized carbons (Fsp3) is 0.524. The van der Waals surface area contributed by atoms with Crippen molar-refractivity contribution in [3.05, 3.63) is 42.1 Å². The molecule has 0 unspecified atom stereocenters. The highest BCUT2D eigenvalue weighted by molar-refractivity contribution is 6.05. The number of ether oxygens (including phenoxy) is 2. The van der Waals surface area contributed by atoms with Gasteiger partial charge in [0.15, 0.2) is 0 Å². The van der Waals surface area contributed by atoms with Crippen molar-refractivity contribution < 1.29 is 14.3 Å². The van der Waals surface area contributed by atoms with Crippen LogP contribution in [0.4, 0.5) is 5.82 Å². The number of carbonyl (C=O) groups excluding carboxylic acids is 1. The van der Waals surface area contributed by atoms with Crippen LogP contribution in [0, 0.1) is 5.92 Å². The van der Waals surface area contributed by atoms with Gasteiger partial charge >= 0.3 is 0 Å². The Labute approximate surface area is 165 Å². The third-order valence-corrected chi connectivity index (χ3v) is 5.71. The summed E-state index contributed by atoms with van der Waals surface area (Å²) in [5.41, 5.74) is 0.520. The van der Waals surface area contributed by atoms with E-state index in [1.165, 1.54) is 6.42 Å². The molecule has 0 spiro atoms. The first kappa shape index (κ1) is 19.0. The lowest BCUT2D eigenvalue weighted by Gasteiger charge is -2.33. The number of piperidine rings is 1. The number of nitrogens with one attached hydrogen (secondary N) is 1. The molecule has 0 saturated carbocycles. The van der Waals surface area contributed by atoms with Crippen LogP contribution in [0.1, 0.15) is 35.7 Å². The van der Waals surface area contributed by atoms with Gasteiger partial charge in [-0.3, -0.25) is 4.79 Å². The standard InChI is InChI=1S/C21H28N4O3/c1-27-19-5-3-2-4-18(19)21(26)23-20-6-10-22-25(20)17-7-11-24(12-8-17)14-16-9-13-28-15-16/h2-6,10,16-17H,7-9,11-15H2,1H3,(H,23,26)/t16-/m0/s1. The lowest BCUT2D eigenvalue weighted by molar-refractivity contribution is 0.102. The smallest absolute Gasteiger partial charge is 0.260 e. The number of para-hydroxylation sites is 1. The third kappa shape index (κ3) is 4.20. The average molecular weight is 384 g/mol. The molecule has 0 radical (unpaired) electrons. The summed E-state index contributed by atoms with van der Waals surface area (Å²) in [6.07, 6.45) is 5.00. The van der Waals surface area contributed by atoms with Crippen LogP contribution < -0.4 is 10.1 Å². The molecule has 2 fully saturated rings. The highest BCUT2D eigenvalue weighted by Crippen LogP contribution is 2.27. The molecule has 3 heterocycles. The number of benzene rings is 1. The minimum absolute atomic E-state index is 0.183. The molecule has 2 aliphatic rings. The molecule has 2 aromatic rings. The van der Waals surface area contributed by atoms with Crippen LogP contribution in [-0.4, -0.2) is 60.5 Å². The summed E-state index contributed by atoms with van der Waals surface area (Å²) < 4.78 is 12.8. The van der Waals surface area contributed by atoms with Gasteiger partial charge in [0.05, 0.1) is 31.5 Å². The molecule has 0 aliphatic carbocycles. The van der Waals surface area contributed by atoms with E-state index in [4.69, 9.17) is 9.47 Å². The number of carbonyl (C=O) groups is 1. The monoisotopic (exact) mass is 384 g/mol. The molecule has 1 N–H and O–H groups in total. The predicted octanol–water partition coefficient (Wildman–Crippen LogP) is 2.82. The van der Waals surface area contributed by atoms with E-state index in [2.05, 4.69) is 15.3 Å². The first-order valence-electron chi connectivity index (χ1n) is 10.0. The second kappa shape index (κ2) is 8.75. The van der Waals surface area contributed by atoms with Crippen molar-refractivity contribution in [2.24, 2.45) is 5.92 Å². The van der Waals surface area contributed by atoms with Crippen molar-refractivity contribution in [1.29, 1.82) is 0 Å². The van der Waals surface area contributed by atoms with E-state index in [1.54, 1.807) is 25.4 Å². The Bertz CT molecular complexity index is 792. The van der Waals surface area contributed by atoms with E-state index in [0.717, 1.165) is 51.5 Å². The van der Waals surface area contributed by atoms with Crippen LogP contribution in [0.5, 0.6) is 5.75 Å². The fourth-order valence-corrected chi connectivity index (χ4v) is 4.16. The number of methoxy groups -OCH3 is 1. The summed E-state index contributed by atoms with van der Waals surface area (Å²) in [4.78, 5) is 15.3. The predicted molar refractivity (Wildman–Crippen MR) is 107 cm³/mol. The van der Waals surface area contributed by atoms with Gasteiger partial charge in [0.2, 0.25) is 0 Å². The number of hydrogen-bond donors (Lipinski definition) is 1. The molecule has 7 heteroatoms. The fourth-order valence-electron chi connectivity index (χ4n) is 4.16. The summed E-state index contributed by atoms with van der Waals surface area (Å²) in [5, 5.41) is 7.49. The molecule has 1 aromatic carbocycles. The Hall–Kier alpha value is -2.38. The number of amides is 1. The summed E-state index contributed by atoms with van der Waals surface area (Å²) >= 11 is 0. The molecule has 4 rings (SSSR count). The number of anilines is 1. The van der Waals surface area contributed by atoms with Crippen molar-refractivity contribution in [1.82, 2.24) is 14.7 Å². The first-order chi connectivity index (χ1) is 13.7. The maximum Gasteiger partial charge on any atom is 0.260 e. The number of rotatable bonds is 6. The second-order valence-corrected chi connectivity index (χ2v) is 7.58. The zero-order valence-electron chi connectivity index (χ0n) is 16.3. The van der Waals surface area contributed by atoms with Gasteiger partial charge in [-0.2, -0.15) is 5.10 Å². The average Bonchev–Trinajstić information content (AvgIpc) is 3.41. The Kier molecular flexibility index (Phi) is 5.92. The van der Waals surface area contributed by atoms with Gasteiger partial charge in [0.25, 0.3) is 5.91 Å². The van der Waals surface area contributed by atoms with Crippen LogP contribution in [0.2, 0.25) is 0 Å². The zero-order chi connectivity index (χ0) is 19.3. The lowest BCUT2D eigenvalue weighted by atomic mass is 10.0. The third-order valence-electron chi connectivity index (χ3n) is 5.71. The summed E-state index contributed by atoms with van der Waals surface area (Å²) in [6.45, 7) is 5.05. The van der Waals surface area contributed by atoms with Crippen LogP contribution in [0.15, 0.2) is 36.5 Å². The van der Waals surface area contributed by atoms with Crippen molar-refractivity contribution in [2.45, 2.75) is 25.3 Å². The van der Waals surface area contributed by atoms with E-state index in [9.17, 15) is 4.79 Å². The SMILES string of the molecule is COc1ccccc1C(=O)Nc1ccnn1C1CCN(C[C@@H]2CCOC2)CC1. The number of likely N-dealkylation sites (tertiary alicyclic amines) is 1. The van der Waals surface area contributed by atoms with Crippen molar-refractivity contribution in [3.8, 4) is 5.75 Å². The minimum atomic E-state index is -0.183. The van der Waals surface area contributed by atoms with Crippen molar-refractivity contribution in [3.63, 3.8) is 0 Å². The Balaban J connectivity index is 1.37. The van der Waals surface area contributed by atoms with Crippen LogP contribution in [-0.2, 0) is 4.74 Å². The Morgan fingerprint density at radius 1 is 1.25 bits per heavy atom. The molecule has 7 nitrogen and oxygen atoms in total. The molecular weight excluding hydrogens is 356 g/mol. The number of aromatic nitrogens is 2. The van der Waals surface area contributed by atoms with Gasteiger partial charge in [0.1, 0.15) is 11.6 Å². The van der Waals surface area contributed by atoms with Gasteiger partial charge in [-0.1, -0.05) is 12.1 Å². The molecule has 150 valence electrons. The van der Waals surface area contributed by atoms with Gasteiger partial charge < -0.3 is 19.7 Å². The molecule has 2 saturated heterocycles. The summed E-state index contributed by atoms with van der Waals surface area (Å²) in [6, 6.07) is 9.40. The van der Waals surface area contributed by atoms with Crippen molar-refractivity contribution >= 4 is 11.7 Å². The first-order valence-corrected chi connectivity index (χ1v) is 10.0. The maximum absolute atomic E-state index is 12.7.